The van der Waals surface area contributed by atoms with Crippen molar-refractivity contribution in [2.75, 3.05) is 0 Å². The van der Waals surface area contributed by atoms with Crippen LogP contribution in [0.15, 0.2) is 0 Å². The van der Waals surface area contributed by atoms with Gasteiger partial charge in [0.05, 0.1) is 0 Å². The fourth-order valence-electron chi connectivity index (χ4n) is 0. The molecule has 0 fully saturated rings. The molecule has 0 aromatic rings. The van der Waals surface area contributed by atoms with Crippen molar-refractivity contribution in [2.45, 2.75) is 0 Å². The van der Waals surface area contributed by atoms with Crippen LogP contribution in [0.25, 0.3) is 0 Å². The summed E-state index contributed by atoms with van der Waals surface area (Å²) in [5.74, 6) is 0. The summed E-state index contributed by atoms with van der Waals surface area (Å²) in [7, 11) is -5.25. The molecule has 0 saturated heterocycles. The summed E-state index contributed by atoms with van der Waals surface area (Å²) in [5.41, 5.74) is 0. The first-order valence-corrected chi connectivity index (χ1v) is 4.24. The van der Waals surface area contributed by atoms with Crippen LogP contribution in [0.5, 0.6) is 0 Å². The van der Waals surface area contributed by atoms with E-state index in [2.05, 4.69) is 0 Å². The van der Waals surface area contributed by atoms with Gasteiger partial charge in [-0.1, -0.05) is 0 Å². The summed E-state index contributed by atoms with van der Waals surface area (Å²) in [6, 6.07) is 0. The van der Waals surface area contributed by atoms with Gasteiger partial charge in [-0.05, 0) is 26.1 Å². The second-order valence-electron chi connectivity index (χ2n) is 0.289. The van der Waals surface area contributed by atoms with Gasteiger partial charge < -0.3 is 28.4 Å². The van der Waals surface area contributed by atoms with Crippen molar-refractivity contribution in [1.29, 1.82) is 0 Å². The molecule has 0 aliphatic heterocycles. The molecular formula is H6NaO6P3S. The molecule has 3 atom stereocenters. The van der Waals surface area contributed by atoms with Gasteiger partial charge in [0.1, 0.15) is 0 Å². The summed E-state index contributed by atoms with van der Waals surface area (Å²) in [5, 5.41) is 0. The van der Waals surface area contributed by atoms with Gasteiger partial charge >= 0.3 is 43.1 Å². The molecule has 0 aromatic carbocycles. The summed E-state index contributed by atoms with van der Waals surface area (Å²) >= 11 is 0. The van der Waals surface area contributed by atoms with Gasteiger partial charge in [0.15, 0.2) is 0 Å². The third-order valence-corrected chi connectivity index (χ3v) is 0. The summed E-state index contributed by atoms with van der Waals surface area (Å²) < 4.78 is 25.4. The van der Waals surface area contributed by atoms with Crippen molar-refractivity contribution in [3.63, 3.8) is 0 Å². The van der Waals surface area contributed by atoms with Crippen LogP contribution >= 0.6 is 26.1 Å². The van der Waals surface area contributed by atoms with Crippen molar-refractivity contribution < 1.29 is 57.9 Å². The van der Waals surface area contributed by atoms with E-state index in [1.54, 1.807) is 0 Å². The Morgan fingerprint density at radius 1 is 0.727 bits per heavy atom. The zero-order chi connectivity index (χ0) is 8.12. The predicted octanol–water partition coefficient (Wildman–Crippen LogP) is -5.94. The molecule has 3 unspecified atom stereocenters. The average Bonchev–Trinajstić information content (AvgIpc) is 1.70. The monoisotopic (exact) mass is 250 g/mol. The quantitative estimate of drug-likeness (QED) is 0.311. The van der Waals surface area contributed by atoms with Gasteiger partial charge in [0, 0.05) is 0 Å². The average molecular weight is 250 g/mol. The van der Waals surface area contributed by atoms with E-state index in [1.165, 1.54) is 0 Å². The Balaban J connectivity index is -0.0000000150. The largest absolute Gasteiger partial charge is 2.00 e. The van der Waals surface area contributed by atoms with Crippen LogP contribution in [-0.2, 0) is 27.2 Å². The van der Waals surface area contributed by atoms with E-state index in [-0.39, 0.29) is 43.1 Å². The topological polar surface area (TPSA) is 120 Å². The summed E-state index contributed by atoms with van der Waals surface area (Å²) in [4.78, 5) is 25.4. The Labute approximate surface area is 97.0 Å². The van der Waals surface area contributed by atoms with E-state index >= 15 is 0 Å². The van der Waals surface area contributed by atoms with Crippen LogP contribution in [0.3, 0.4) is 0 Å². The van der Waals surface area contributed by atoms with Crippen molar-refractivity contribution in [3.8, 4) is 0 Å². The van der Waals surface area contributed by atoms with E-state index in [1.807, 2.05) is 0 Å². The number of rotatable bonds is 0. The van der Waals surface area contributed by atoms with Gasteiger partial charge in [0.25, 0.3) is 0 Å². The van der Waals surface area contributed by atoms with Crippen LogP contribution in [0.1, 0.15) is 0 Å². The van der Waals surface area contributed by atoms with E-state index in [0.717, 1.165) is 0 Å². The smallest absolute Gasteiger partial charge is 0.804 e. The third kappa shape index (κ3) is 318. The summed E-state index contributed by atoms with van der Waals surface area (Å²) in [6.45, 7) is 0. The molecule has 0 heterocycles. The molecule has 0 aliphatic rings. The van der Waals surface area contributed by atoms with E-state index < -0.39 is 26.1 Å². The maximum Gasteiger partial charge on any atom is 2.00 e. The fourth-order valence-corrected chi connectivity index (χ4v) is 0. The molecule has 0 bridgehead atoms. The Morgan fingerprint density at radius 3 is 0.727 bits per heavy atom. The van der Waals surface area contributed by atoms with E-state index in [9.17, 15) is 0 Å². The zero-order valence-electron chi connectivity index (χ0n) is 5.59. The molecular weight excluding hydrogens is 244 g/mol. The molecule has 11 heteroatoms. The maximum atomic E-state index is 8.46. The maximum absolute atomic E-state index is 8.46. The molecule has 64 valence electrons. The Kier molecular flexibility index (Phi) is 156. The van der Waals surface area contributed by atoms with Crippen LogP contribution in [0, 0.1) is 0 Å². The molecule has 4 radical (unpaired) electrons. The zero-order valence-corrected chi connectivity index (χ0v) is 11.9. The Morgan fingerprint density at radius 2 is 0.727 bits per heavy atom. The van der Waals surface area contributed by atoms with Crippen LogP contribution in [0.4, 0.5) is 0 Å². The van der Waals surface area contributed by atoms with Gasteiger partial charge in [-0.25, -0.2) is 0 Å². The van der Waals surface area contributed by atoms with Gasteiger partial charge in [-0.15, -0.1) is 0 Å². The van der Waals surface area contributed by atoms with Crippen molar-refractivity contribution >= 4 is 39.6 Å². The number of hydrogen-bond acceptors (Lipinski definition) is 6. The van der Waals surface area contributed by atoms with Crippen LogP contribution in [-0.4, -0.2) is 0 Å². The normalized spacial score (nSPS) is 7.91. The third-order valence-electron chi connectivity index (χ3n) is 0. The molecule has 6 nitrogen and oxygen atoms in total. The first-order valence-electron chi connectivity index (χ1n) is 1.41. The van der Waals surface area contributed by atoms with Crippen molar-refractivity contribution in [1.82, 2.24) is 0 Å². The predicted molar refractivity (Wildman–Crippen MR) is 38.6 cm³/mol. The molecule has 0 N–H and O–H groups in total. The van der Waals surface area contributed by atoms with E-state index in [0.29, 0.717) is 0 Å². The first-order chi connectivity index (χ1) is 4.24. The first kappa shape index (κ1) is 29.3. The standard InChI is InChI=1S/Na.3H3O2P.S/c;3*1-3-2;/h;3*3H2,(H,1,2);/q+1;;;;+2/p-3. The van der Waals surface area contributed by atoms with E-state index in [4.69, 9.17) is 28.4 Å². The molecule has 0 aromatic heterocycles. The van der Waals surface area contributed by atoms with Crippen molar-refractivity contribution in [2.24, 2.45) is 0 Å². The van der Waals surface area contributed by atoms with Gasteiger partial charge in [0.2, 0.25) is 0 Å². The van der Waals surface area contributed by atoms with Crippen LogP contribution < -0.4 is 44.2 Å². The minimum absolute atomic E-state index is 0. The summed E-state index contributed by atoms with van der Waals surface area (Å²) in [6.07, 6.45) is 0. The SMILES string of the molecule is O=[PH2][O-].O=[PH2][O-].O=[PH2][O-].[Na+].[S+2]. The second-order valence-corrected chi connectivity index (χ2v) is 0.866. The minimum Gasteiger partial charge on any atom is -0.804 e. The molecule has 0 spiro atoms. The Bertz CT molecular complexity index is 54.6. The fraction of sp³-hybridized carbons (Fsp3) is 0. The molecule has 0 rings (SSSR count). The molecule has 0 aliphatic carbocycles. The van der Waals surface area contributed by atoms with Crippen molar-refractivity contribution in [3.05, 3.63) is 0 Å². The molecule has 0 saturated carbocycles. The molecule has 11 heavy (non-hydrogen) atoms. The van der Waals surface area contributed by atoms with Gasteiger partial charge in [-0.2, -0.15) is 0 Å². The van der Waals surface area contributed by atoms with Crippen LogP contribution in [0.2, 0.25) is 0 Å². The van der Waals surface area contributed by atoms with Gasteiger partial charge in [-0.3, -0.25) is 0 Å². The number of hydrogen-bond donors (Lipinski definition) is 0. The second kappa shape index (κ2) is 58.7. The Hall–Kier alpha value is 1.92. The minimum atomic E-state index is -1.75. The molecule has 0 amide bonds.